The average Bonchev–Trinajstić information content (AvgIpc) is 3.36. The summed E-state index contributed by atoms with van der Waals surface area (Å²) in [6, 6.07) is 5.90. The first-order valence-electron chi connectivity index (χ1n) is 16.1. The SMILES string of the molecule is CCN1C[C@@]2(COC(=O)c3ccccc3NC(C)=O)CC[C@H](OC)[C@@]34[C@@H]2C[C@@](O)([C@@H]13)[C@]1(O)C[C@H](OC)[C@@H]2C[C@]4(O)[C@]1(O)[C@H]2OC. The predicted octanol–water partition coefficient (Wildman–Crippen LogP) is 0.699. The van der Waals surface area contributed by atoms with Crippen molar-refractivity contribution in [3.05, 3.63) is 29.8 Å². The Hall–Kier alpha value is -2.16. The lowest BCUT2D eigenvalue weighted by Crippen LogP contribution is -2.92. The van der Waals surface area contributed by atoms with E-state index in [9.17, 15) is 30.0 Å². The third kappa shape index (κ3) is 3.35. The number of nitrogens with zero attached hydrogens (tertiary/aromatic N) is 1. The Labute approximate surface area is 263 Å². The van der Waals surface area contributed by atoms with Gasteiger partial charge in [-0.25, -0.2) is 4.79 Å². The van der Waals surface area contributed by atoms with Crippen LogP contribution in [0.1, 0.15) is 56.3 Å². The molecule has 0 radical (unpaired) electrons. The summed E-state index contributed by atoms with van der Waals surface area (Å²) in [4.78, 5) is 27.5. The molecule has 1 saturated heterocycles. The number of aliphatic hydroxyl groups is 4. The summed E-state index contributed by atoms with van der Waals surface area (Å²) in [7, 11) is 4.58. The van der Waals surface area contributed by atoms with E-state index in [-0.39, 0.29) is 37.3 Å². The number of nitrogens with one attached hydrogen (secondary N) is 1. The van der Waals surface area contributed by atoms with Crippen LogP contribution in [0.3, 0.4) is 0 Å². The molecule has 7 bridgehead atoms. The van der Waals surface area contributed by atoms with Gasteiger partial charge in [0.25, 0.3) is 0 Å². The fraction of sp³-hybridized carbons (Fsp3) is 0.758. The van der Waals surface area contributed by atoms with Crippen LogP contribution in [0.15, 0.2) is 24.3 Å². The molecule has 1 spiro atoms. The smallest absolute Gasteiger partial charge is 0.340 e. The Bertz CT molecular complexity index is 1410. The second kappa shape index (κ2) is 9.93. The molecule has 248 valence electrons. The van der Waals surface area contributed by atoms with Crippen molar-refractivity contribution in [2.75, 3.05) is 46.3 Å². The monoisotopic (exact) mass is 630 g/mol. The van der Waals surface area contributed by atoms with Gasteiger partial charge in [-0.15, -0.1) is 0 Å². The Morgan fingerprint density at radius 3 is 2.38 bits per heavy atom. The maximum atomic E-state index is 13.6. The number of para-hydroxylation sites is 1. The number of likely N-dealkylation sites (tertiary alicyclic amines) is 1. The molecule has 45 heavy (non-hydrogen) atoms. The van der Waals surface area contributed by atoms with Crippen molar-refractivity contribution in [1.82, 2.24) is 4.90 Å². The van der Waals surface area contributed by atoms with E-state index in [1.54, 1.807) is 31.4 Å². The molecule has 12 heteroatoms. The first kappa shape index (κ1) is 31.4. The van der Waals surface area contributed by atoms with Gasteiger partial charge in [0.1, 0.15) is 16.8 Å². The molecular formula is C33H46N2O10. The number of amides is 1. The van der Waals surface area contributed by atoms with Crippen molar-refractivity contribution in [2.24, 2.45) is 22.7 Å². The minimum absolute atomic E-state index is 0.0207. The highest BCUT2D eigenvalue weighted by atomic mass is 16.5. The Kier molecular flexibility index (Phi) is 6.94. The van der Waals surface area contributed by atoms with Crippen LogP contribution in [-0.2, 0) is 23.7 Å². The number of fused-ring (bicyclic) bond motifs is 2. The van der Waals surface area contributed by atoms with Crippen LogP contribution < -0.4 is 5.32 Å². The highest BCUT2D eigenvalue weighted by Crippen LogP contribution is 2.82. The van der Waals surface area contributed by atoms with E-state index < -0.39 is 75.4 Å². The number of benzene rings is 1. The van der Waals surface area contributed by atoms with Gasteiger partial charge in [0.15, 0.2) is 5.60 Å². The summed E-state index contributed by atoms with van der Waals surface area (Å²) in [5.41, 5.74) is -9.62. The van der Waals surface area contributed by atoms with Crippen molar-refractivity contribution in [2.45, 2.75) is 92.7 Å². The zero-order valence-electron chi connectivity index (χ0n) is 26.6. The van der Waals surface area contributed by atoms with Crippen LogP contribution in [0.5, 0.6) is 0 Å². The molecule has 6 fully saturated rings. The molecule has 5 N–H and O–H groups in total. The number of hydrogen-bond donors (Lipinski definition) is 5. The molecule has 0 unspecified atom stereocenters. The van der Waals surface area contributed by atoms with Crippen LogP contribution in [0.25, 0.3) is 0 Å². The van der Waals surface area contributed by atoms with Crippen molar-refractivity contribution in [3.63, 3.8) is 0 Å². The van der Waals surface area contributed by atoms with Gasteiger partial charge >= 0.3 is 5.97 Å². The average molecular weight is 631 g/mol. The van der Waals surface area contributed by atoms with E-state index >= 15 is 0 Å². The minimum atomic E-state index is -2.22. The summed E-state index contributed by atoms with van der Waals surface area (Å²) in [5, 5.41) is 54.8. The number of carbonyl (C=O) groups excluding carboxylic acids is 2. The molecule has 5 saturated carbocycles. The van der Waals surface area contributed by atoms with E-state index in [0.717, 1.165) is 0 Å². The van der Waals surface area contributed by atoms with Crippen molar-refractivity contribution in [1.29, 1.82) is 0 Å². The van der Waals surface area contributed by atoms with Crippen molar-refractivity contribution in [3.8, 4) is 0 Å². The fourth-order valence-corrected chi connectivity index (χ4v) is 11.9. The fourth-order valence-electron chi connectivity index (χ4n) is 11.9. The van der Waals surface area contributed by atoms with E-state index in [1.807, 2.05) is 6.92 Å². The third-order valence-corrected chi connectivity index (χ3v) is 13.3. The van der Waals surface area contributed by atoms with Gasteiger partial charge in [0.05, 0.1) is 47.6 Å². The molecular weight excluding hydrogens is 584 g/mol. The van der Waals surface area contributed by atoms with E-state index in [4.69, 9.17) is 18.9 Å². The number of piperidine rings is 1. The number of carbonyl (C=O) groups is 2. The lowest BCUT2D eigenvalue weighted by molar-refractivity contribution is -0.407. The first-order chi connectivity index (χ1) is 21.3. The summed E-state index contributed by atoms with van der Waals surface area (Å²) in [6.07, 6.45) is -0.997. The summed E-state index contributed by atoms with van der Waals surface area (Å²) in [6.45, 7) is 4.25. The zero-order chi connectivity index (χ0) is 32.4. The van der Waals surface area contributed by atoms with Gasteiger partial charge in [0.2, 0.25) is 5.91 Å². The number of hydrogen-bond acceptors (Lipinski definition) is 11. The zero-order valence-corrected chi connectivity index (χ0v) is 26.6. The third-order valence-electron chi connectivity index (χ3n) is 13.3. The predicted molar refractivity (Wildman–Crippen MR) is 159 cm³/mol. The number of esters is 1. The molecule has 5 aliphatic carbocycles. The van der Waals surface area contributed by atoms with Crippen LogP contribution in [0.2, 0.25) is 0 Å². The Morgan fingerprint density at radius 2 is 1.73 bits per heavy atom. The summed E-state index contributed by atoms with van der Waals surface area (Å²) in [5.74, 6) is -1.84. The van der Waals surface area contributed by atoms with Crippen molar-refractivity contribution >= 4 is 17.6 Å². The van der Waals surface area contributed by atoms with Crippen LogP contribution in [0, 0.1) is 22.7 Å². The van der Waals surface area contributed by atoms with Gasteiger partial charge in [-0.1, -0.05) is 19.1 Å². The standard InChI is InChI=1S/C33H46N2O10/c1-6-35-16-28(17-45-26(37)19-9-7-8-10-21(19)34-18(2)36)12-11-24(43-4)32-23(28)15-29(38,27(32)35)30(39)14-22(42-3)20-13-31(32,40)33(30,41)25(20)44-5/h7-10,20,22-25,27,38-41H,6,11-17H2,1-5H3,(H,34,36)/t20-,22-,23+,24-,25-,27+,28+,29+,30+,31+,32-,33-/m0/s1. The normalized spacial score (nSPS) is 49.1. The number of ether oxygens (including phenoxy) is 4. The van der Waals surface area contributed by atoms with E-state index in [0.29, 0.717) is 31.6 Å². The van der Waals surface area contributed by atoms with E-state index in [1.165, 1.54) is 21.1 Å². The van der Waals surface area contributed by atoms with Crippen LogP contribution in [-0.4, -0.2) is 125 Å². The topological polar surface area (TPSA) is 167 Å². The van der Waals surface area contributed by atoms with Gasteiger partial charge < -0.3 is 44.7 Å². The van der Waals surface area contributed by atoms with E-state index in [2.05, 4.69) is 10.2 Å². The maximum absolute atomic E-state index is 13.6. The molecule has 0 aromatic heterocycles. The largest absolute Gasteiger partial charge is 0.461 e. The van der Waals surface area contributed by atoms with Crippen molar-refractivity contribution < 1.29 is 49.0 Å². The number of rotatable bonds is 8. The van der Waals surface area contributed by atoms with Crippen LogP contribution >= 0.6 is 0 Å². The highest BCUT2D eigenvalue weighted by Gasteiger charge is 2.97. The Balaban J connectivity index is 1.37. The number of likely N-dealkylation sites (N-methyl/N-ethyl adjacent to an activating group) is 1. The molecule has 1 aliphatic heterocycles. The van der Waals surface area contributed by atoms with Gasteiger partial charge in [-0.05, 0) is 50.3 Å². The molecule has 12 atom stereocenters. The molecule has 1 heterocycles. The van der Waals surface area contributed by atoms with Crippen LogP contribution in [0.4, 0.5) is 5.69 Å². The van der Waals surface area contributed by atoms with Gasteiger partial charge in [-0.3, -0.25) is 9.69 Å². The molecule has 1 aromatic rings. The molecule has 12 nitrogen and oxygen atoms in total. The molecule has 7 rings (SSSR count). The molecule has 1 aromatic carbocycles. The Morgan fingerprint density at radius 1 is 1.00 bits per heavy atom. The van der Waals surface area contributed by atoms with Gasteiger partial charge in [-0.2, -0.15) is 0 Å². The van der Waals surface area contributed by atoms with Gasteiger partial charge in [0, 0.05) is 52.6 Å². The first-order valence-corrected chi connectivity index (χ1v) is 16.1. The second-order valence-electron chi connectivity index (χ2n) is 14.5. The number of methoxy groups -OCH3 is 3. The minimum Gasteiger partial charge on any atom is -0.461 e. The summed E-state index contributed by atoms with van der Waals surface area (Å²) < 4.78 is 24.1. The lowest BCUT2D eigenvalue weighted by Gasteiger charge is -2.74. The summed E-state index contributed by atoms with van der Waals surface area (Å²) >= 11 is 0. The quantitative estimate of drug-likeness (QED) is 0.257. The second-order valence-corrected chi connectivity index (χ2v) is 14.5. The molecule has 1 amide bonds. The highest BCUT2D eigenvalue weighted by molar-refractivity contribution is 6.00. The lowest BCUT2D eigenvalue weighted by atomic mass is 9.39. The maximum Gasteiger partial charge on any atom is 0.340 e. The molecule has 6 aliphatic rings. The number of anilines is 1.